The third-order valence-electron chi connectivity index (χ3n) is 2.98. The van der Waals surface area contributed by atoms with Crippen molar-refractivity contribution in [2.24, 2.45) is 5.73 Å². The number of benzene rings is 1. The Morgan fingerprint density at radius 2 is 1.83 bits per heavy atom. The summed E-state index contributed by atoms with van der Waals surface area (Å²) < 4.78 is 48.8. The molecular formula is C16H22F3NO3. The molecule has 0 saturated heterocycles. The van der Waals surface area contributed by atoms with Gasteiger partial charge in [0.25, 0.3) is 0 Å². The lowest BCUT2D eigenvalue weighted by Gasteiger charge is -2.32. The van der Waals surface area contributed by atoms with Crippen molar-refractivity contribution in [2.75, 3.05) is 7.11 Å². The summed E-state index contributed by atoms with van der Waals surface area (Å²) in [6.45, 7) is 4.72. The van der Waals surface area contributed by atoms with E-state index in [0.717, 1.165) is 0 Å². The number of hydrogen-bond donors (Lipinski definition) is 1. The third-order valence-corrected chi connectivity index (χ3v) is 2.98. The fourth-order valence-electron chi connectivity index (χ4n) is 2.09. The molecule has 0 aliphatic heterocycles. The van der Waals surface area contributed by atoms with Gasteiger partial charge in [-0.2, -0.15) is 13.2 Å². The van der Waals surface area contributed by atoms with E-state index in [0.29, 0.717) is 11.3 Å². The second-order valence-corrected chi connectivity index (χ2v) is 6.48. The molecule has 0 heterocycles. The van der Waals surface area contributed by atoms with Crippen LogP contribution in [0.5, 0.6) is 5.75 Å². The summed E-state index contributed by atoms with van der Waals surface area (Å²) in [6, 6.07) is 6.41. The smallest absolute Gasteiger partial charge is 0.391 e. The summed E-state index contributed by atoms with van der Waals surface area (Å²) in [5, 5.41) is 0. The molecule has 2 N–H and O–H groups in total. The Balaban J connectivity index is 3.10. The highest BCUT2D eigenvalue weighted by atomic mass is 19.4. The number of esters is 1. The fraction of sp³-hybridized carbons (Fsp3) is 0.562. The molecule has 0 saturated carbocycles. The van der Waals surface area contributed by atoms with Crippen LogP contribution in [0.25, 0.3) is 0 Å². The highest BCUT2D eigenvalue weighted by Gasteiger charge is 2.47. The molecule has 4 nitrogen and oxygen atoms in total. The van der Waals surface area contributed by atoms with Gasteiger partial charge in [-0.3, -0.25) is 4.79 Å². The Kier molecular flexibility index (Phi) is 5.69. The summed E-state index contributed by atoms with van der Waals surface area (Å²) in [4.78, 5) is 12.2. The molecule has 0 amide bonds. The summed E-state index contributed by atoms with van der Waals surface area (Å²) in [6.07, 6.45) is -6.37. The topological polar surface area (TPSA) is 61.5 Å². The average Bonchev–Trinajstić information content (AvgIpc) is 2.34. The van der Waals surface area contributed by atoms with Crippen LogP contribution in [0.3, 0.4) is 0 Å². The van der Waals surface area contributed by atoms with Crippen LogP contribution in [0.2, 0.25) is 0 Å². The van der Waals surface area contributed by atoms with Gasteiger partial charge in [0.2, 0.25) is 0 Å². The largest absolute Gasteiger partial charge is 0.497 e. The molecular weight excluding hydrogens is 311 g/mol. The van der Waals surface area contributed by atoms with Gasteiger partial charge in [-0.25, -0.2) is 0 Å². The predicted octanol–water partition coefficient (Wildman–Crippen LogP) is 3.23. The SMILES string of the molecule is COc1cccc(C[C@@](N)(CC(F)(F)F)C(=O)OC(C)(C)C)c1. The summed E-state index contributed by atoms with van der Waals surface area (Å²) in [5.74, 6) is -0.605. The number of nitrogens with two attached hydrogens (primary N) is 1. The summed E-state index contributed by atoms with van der Waals surface area (Å²) >= 11 is 0. The number of carbonyl (C=O) groups excluding carboxylic acids is 1. The Labute approximate surface area is 133 Å². The minimum atomic E-state index is -4.59. The molecule has 0 bridgehead atoms. The monoisotopic (exact) mass is 333 g/mol. The lowest BCUT2D eigenvalue weighted by Crippen LogP contribution is -2.55. The van der Waals surface area contributed by atoms with Crippen LogP contribution in [-0.4, -0.2) is 30.4 Å². The van der Waals surface area contributed by atoms with Crippen molar-refractivity contribution in [2.45, 2.75) is 50.9 Å². The van der Waals surface area contributed by atoms with Gasteiger partial charge in [-0.1, -0.05) is 12.1 Å². The van der Waals surface area contributed by atoms with E-state index in [1.54, 1.807) is 45.0 Å². The van der Waals surface area contributed by atoms with E-state index >= 15 is 0 Å². The van der Waals surface area contributed by atoms with Crippen LogP contribution in [0.4, 0.5) is 13.2 Å². The second-order valence-electron chi connectivity index (χ2n) is 6.48. The van der Waals surface area contributed by atoms with Gasteiger partial charge >= 0.3 is 12.1 Å². The quantitative estimate of drug-likeness (QED) is 0.841. The minimum Gasteiger partial charge on any atom is -0.497 e. The van der Waals surface area contributed by atoms with Crippen molar-refractivity contribution in [3.05, 3.63) is 29.8 Å². The maximum absolute atomic E-state index is 12.9. The van der Waals surface area contributed by atoms with Gasteiger partial charge in [0.1, 0.15) is 16.9 Å². The molecule has 0 aliphatic rings. The Hall–Kier alpha value is -1.76. The zero-order chi connectivity index (χ0) is 17.9. The van der Waals surface area contributed by atoms with Crippen molar-refractivity contribution in [3.8, 4) is 5.75 Å². The Morgan fingerprint density at radius 1 is 1.22 bits per heavy atom. The normalized spacial score (nSPS) is 15.0. The van der Waals surface area contributed by atoms with Gasteiger partial charge < -0.3 is 15.2 Å². The van der Waals surface area contributed by atoms with E-state index in [4.69, 9.17) is 15.2 Å². The number of rotatable bonds is 5. The average molecular weight is 333 g/mol. The molecule has 7 heteroatoms. The van der Waals surface area contributed by atoms with Crippen LogP contribution < -0.4 is 10.5 Å². The number of hydrogen-bond acceptors (Lipinski definition) is 4. The first kappa shape index (κ1) is 19.3. The first-order chi connectivity index (χ1) is 10.3. The van der Waals surface area contributed by atoms with Crippen molar-refractivity contribution in [1.82, 2.24) is 0 Å². The van der Waals surface area contributed by atoms with Crippen LogP contribution in [0, 0.1) is 0 Å². The van der Waals surface area contributed by atoms with Gasteiger partial charge in [0.05, 0.1) is 13.5 Å². The van der Waals surface area contributed by atoms with E-state index in [1.807, 2.05) is 0 Å². The number of halogens is 3. The Bertz CT molecular complexity index is 552. The minimum absolute atomic E-state index is 0.307. The molecule has 23 heavy (non-hydrogen) atoms. The van der Waals surface area contributed by atoms with Crippen LogP contribution in [0.15, 0.2) is 24.3 Å². The molecule has 1 aromatic rings. The van der Waals surface area contributed by atoms with Crippen molar-refractivity contribution in [3.63, 3.8) is 0 Å². The van der Waals surface area contributed by atoms with Crippen LogP contribution >= 0.6 is 0 Å². The first-order valence-electron chi connectivity index (χ1n) is 7.07. The molecule has 1 aromatic carbocycles. The lowest BCUT2D eigenvalue weighted by atomic mass is 9.88. The molecule has 0 unspecified atom stereocenters. The van der Waals surface area contributed by atoms with Gasteiger partial charge in [-0.15, -0.1) is 0 Å². The van der Waals surface area contributed by atoms with E-state index in [-0.39, 0.29) is 6.42 Å². The molecule has 0 spiro atoms. The molecule has 1 atom stereocenters. The number of methoxy groups -OCH3 is 1. The highest BCUT2D eigenvalue weighted by molar-refractivity contribution is 5.81. The maximum atomic E-state index is 12.9. The first-order valence-corrected chi connectivity index (χ1v) is 7.07. The zero-order valence-electron chi connectivity index (χ0n) is 13.7. The number of ether oxygens (including phenoxy) is 2. The third kappa shape index (κ3) is 6.48. The maximum Gasteiger partial charge on any atom is 0.391 e. The number of carbonyl (C=O) groups is 1. The molecule has 1 rings (SSSR count). The van der Waals surface area contributed by atoms with Crippen molar-refractivity contribution < 1.29 is 27.4 Å². The fourth-order valence-corrected chi connectivity index (χ4v) is 2.09. The van der Waals surface area contributed by atoms with E-state index in [9.17, 15) is 18.0 Å². The molecule has 0 aromatic heterocycles. The van der Waals surface area contributed by atoms with Gasteiger partial charge in [0.15, 0.2) is 0 Å². The van der Waals surface area contributed by atoms with Crippen molar-refractivity contribution in [1.29, 1.82) is 0 Å². The van der Waals surface area contributed by atoms with Crippen LogP contribution in [-0.2, 0) is 16.0 Å². The van der Waals surface area contributed by atoms with Gasteiger partial charge in [0, 0.05) is 6.42 Å². The standard InChI is InChI=1S/C16H22F3NO3/c1-14(2,3)23-13(21)15(20,10-16(17,18)19)9-11-6-5-7-12(8-11)22-4/h5-8H,9-10,20H2,1-4H3/t15-/m1/s1. The van der Waals surface area contributed by atoms with Gasteiger partial charge in [-0.05, 0) is 38.5 Å². The van der Waals surface area contributed by atoms with Crippen LogP contribution in [0.1, 0.15) is 32.8 Å². The molecule has 0 radical (unpaired) electrons. The summed E-state index contributed by atoms with van der Waals surface area (Å²) in [7, 11) is 1.44. The van der Waals surface area contributed by atoms with E-state index in [1.165, 1.54) is 7.11 Å². The summed E-state index contributed by atoms with van der Waals surface area (Å²) in [5.41, 5.74) is 3.16. The predicted molar refractivity (Wildman–Crippen MR) is 80.1 cm³/mol. The van der Waals surface area contributed by atoms with E-state index in [2.05, 4.69) is 0 Å². The van der Waals surface area contributed by atoms with Crippen molar-refractivity contribution >= 4 is 5.97 Å². The molecule has 0 aliphatic carbocycles. The van der Waals surface area contributed by atoms with E-state index < -0.39 is 29.7 Å². The zero-order valence-corrected chi connectivity index (χ0v) is 13.7. The number of alkyl halides is 3. The Morgan fingerprint density at radius 3 is 2.30 bits per heavy atom. The molecule has 0 fully saturated rings. The second kappa shape index (κ2) is 6.78. The highest BCUT2D eigenvalue weighted by Crippen LogP contribution is 2.31. The molecule has 130 valence electrons. The lowest BCUT2D eigenvalue weighted by molar-refractivity contribution is -0.179.